The van der Waals surface area contributed by atoms with Gasteiger partial charge in [-0.3, -0.25) is 9.36 Å². The lowest BCUT2D eigenvalue weighted by Crippen LogP contribution is -2.43. The van der Waals surface area contributed by atoms with Crippen LogP contribution in [-0.4, -0.2) is 23.3 Å². The molecule has 2 N–H and O–H groups in total. The highest BCUT2D eigenvalue weighted by Crippen LogP contribution is 2.42. The fourth-order valence-corrected chi connectivity index (χ4v) is 4.66. The van der Waals surface area contributed by atoms with E-state index >= 15 is 0 Å². The van der Waals surface area contributed by atoms with Crippen LogP contribution in [0.5, 0.6) is 0 Å². The van der Waals surface area contributed by atoms with E-state index in [-0.39, 0.29) is 11.1 Å². The summed E-state index contributed by atoms with van der Waals surface area (Å²) in [7, 11) is 3.44. The Morgan fingerprint density at radius 1 is 1.09 bits per heavy atom. The molecule has 0 bridgehead atoms. The Kier molecular flexibility index (Phi) is 5.64. The molecule has 5 rings (SSSR count). The summed E-state index contributed by atoms with van der Waals surface area (Å²) in [5.41, 5.74) is 10.3. The zero-order valence-electron chi connectivity index (χ0n) is 19.1. The molecule has 33 heavy (non-hydrogen) atoms. The van der Waals surface area contributed by atoms with Crippen LogP contribution in [0.2, 0.25) is 0 Å². The van der Waals surface area contributed by atoms with E-state index in [0.717, 1.165) is 41.5 Å². The molecule has 2 heterocycles. The molecule has 6 heteroatoms. The third-order valence-corrected chi connectivity index (χ3v) is 6.81. The molecule has 0 aliphatic heterocycles. The second kappa shape index (κ2) is 8.61. The number of benzene rings is 2. The minimum atomic E-state index is -0.219. The Hall–Kier alpha value is -3.22. The number of rotatable bonds is 7. The molecular weight excluding hydrogens is 414 g/mol. The second-order valence-electron chi connectivity index (χ2n) is 8.93. The van der Waals surface area contributed by atoms with Crippen LogP contribution < -0.4 is 11.3 Å². The lowest BCUT2D eigenvalue weighted by atomic mass is 9.72. The Morgan fingerprint density at radius 3 is 2.45 bits per heavy atom. The topological polar surface area (TPSA) is 83.3 Å². The molecule has 1 fully saturated rings. The molecular formula is C27H29N3O3. The first-order valence-electron chi connectivity index (χ1n) is 11.5. The van der Waals surface area contributed by atoms with Gasteiger partial charge in [-0.1, -0.05) is 54.6 Å². The second-order valence-corrected chi connectivity index (χ2v) is 8.93. The van der Waals surface area contributed by atoms with Crippen LogP contribution in [0.4, 0.5) is 0 Å². The molecule has 0 radical (unpaired) electrons. The zero-order chi connectivity index (χ0) is 23.0. The van der Waals surface area contributed by atoms with E-state index in [2.05, 4.69) is 12.1 Å². The largest absolute Gasteiger partial charge is 0.437 e. The molecule has 1 aliphatic carbocycles. The Bertz CT molecular complexity index is 1330. The van der Waals surface area contributed by atoms with Gasteiger partial charge in [0.15, 0.2) is 0 Å². The predicted octanol–water partition coefficient (Wildman–Crippen LogP) is 4.78. The summed E-state index contributed by atoms with van der Waals surface area (Å²) in [6.07, 6.45) is 4.61. The van der Waals surface area contributed by atoms with Gasteiger partial charge in [0.1, 0.15) is 17.0 Å². The summed E-state index contributed by atoms with van der Waals surface area (Å²) in [6.45, 7) is 0.613. The standard InChI is InChI=1S/C27H29N3O3/c1-30-21(10-6-17-32-2)29-25-23(26(30)31)22(18-8-4-3-5-9-18)24(33-25)19-11-13-20(14-12-19)27(28)15-7-16-27/h3-5,8-9,11-14H,6-7,10,15-17,28H2,1-2H3. The van der Waals surface area contributed by atoms with Crippen molar-refractivity contribution in [1.82, 2.24) is 9.55 Å². The van der Waals surface area contributed by atoms with Crippen LogP contribution in [0.1, 0.15) is 37.1 Å². The lowest BCUT2D eigenvalue weighted by molar-refractivity contribution is 0.194. The van der Waals surface area contributed by atoms with Crippen molar-refractivity contribution < 1.29 is 9.15 Å². The maximum atomic E-state index is 13.5. The van der Waals surface area contributed by atoms with E-state index in [1.807, 2.05) is 42.5 Å². The van der Waals surface area contributed by atoms with E-state index in [1.165, 1.54) is 6.42 Å². The van der Waals surface area contributed by atoms with Crippen LogP contribution >= 0.6 is 0 Å². The van der Waals surface area contributed by atoms with Gasteiger partial charge in [-0.2, -0.15) is 4.98 Å². The van der Waals surface area contributed by atoms with Crippen LogP contribution in [0.15, 0.2) is 63.8 Å². The van der Waals surface area contributed by atoms with Gasteiger partial charge in [0.25, 0.3) is 5.56 Å². The van der Waals surface area contributed by atoms with Gasteiger partial charge in [-0.25, -0.2) is 0 Å². The minimum absolute atomic E-state index is 0.103. The van der Waals surface area contributed by atoms with Crippen molar-refractivity contribution in [3.8, 4) is 22.5 Å². The lowest BCUT2D eigenvalue weighted by Gasteiger charge is -2.38. The third kappa shape index (κ3) is 3.79. The highest BCUT2D eigenvalue weighted by molar-refractivity contribution is 6.00. The minimum Gasteiger partial charge on any atom is -0.437 e. The van der Waals surface area contributed by atoms with Crippen molar-refractivity contribution in [3.63, 3.8) is 0 Å². The molecule has 4 aromatic rings. The smallest absolute Gasteiger partial charge is 0.265 e. The fourth-order valence-electron chi connectivity index (χ4n) is 4.66. The number of nitrogens with two attached hydrogens (primary N) is 1. The number of aromatic nitrogens is 2. The number of fused-ring (bicyclic) bond motifs is 1. The average Bonchev–Trinajstić information content (AvgIpc) is 3.21. The summed E-state index contributed by atoms with van der Waals surface area (Å²) in [6, 6.07) is 18.1. The van der Waals surface area contributed by atoms with Crippen molar-refractivity contribution >= 4 is 11.1 Å². The fraction of sp³-hybridized carbons (Fsp3) is 0.333. The monoisotopic (exact) mass is 443 g/mol. The van der Waals surface area contributed by atoms with Gasteiger partial charge in [0.05, 0.1) is 0 Å². The van der Waals surface area contributed by atoms with Crippen LogP contribution in [-0.2, 0) is 23.7 Å². The number of hydrogen-bond acceptors (Lipinski definition) is 5. The van der Waals surface area contributed by atoms with Gasteiger partial charge in [0.2, 0.25) is 5.71 Å². The summed E-state index contributed by atoms with van der Waals surface area (Å²) in [4.78, 5) is 18.2. The molecule has 0 amide bonds. The molecule has 1 aliphatic rings. The molecule has 2 aromatic heterocycles. The number of methoxy groups -OCH3 is 1. The number of furan rings is 1. The number of ether oxygens (including phenoxy) is 1. The third-order valence-electron chi connectivity index (χ3n) is 6.81. The molecule has 0 saturated heterocycles. The summed E-state index contributed by atoms with van der Waals surface area (Å²) < 4.78 is 13.1. The Morgan fingerprint density at radius 2 is 1.82 bits per heavy atom. The van der Waals surface area contributed by atoms with Gasteiger partial charge in [-0.05, 0) is 36.8 Å². The number of nitrogens with zero attached hydrogens (tertiary/aromatic N) is 2. The maximum Gasteiger partial charge on any atom is 0.265 e. The molecule has 0 spiro atoms. The summed E-state index contributed by atoms with van der Waals surface area (Å²) in [5, 5.41) is 0.507. The molecule has 6 nitrogen and oxygen atoms in total. The van der Waals surface area contributed by atoms with Crippen molar-refractivity contribution in [2.75, 3.05) is 13.7 Å². The predicted molar refractivity (Wildman–Crippen MR) is 130 cm³/mol. The van der Waals surface area contributed by atoms with E-state index < -0.39 is 0 Å². The van der Waals surface area contributed by atoms with Crippen LogP contribution in [0.3, 0.4) is 0 Å². The quantitative estimate of drug-likeness (QED) is 0.416. The van der Waals surface area contributed by atoms with Gasteiger partial charge in [0, 0.05) is 43.9 Å². The molecule has 0 atom stereocenters. The van der Waals surface area contributed by atoms with Gasteiger partial charge in [-0.15, -0.1) is 0 Å². The first kappa shape index (κ1) is 21.6. The Balaban J connectivity index is 1.67. The normalized spacial score (nSPS) is 15.0. The highest BCUT2D eigenvalue weighted by Gasteiger charge is 2.34. The molecule has 0 unspecified atom stereocenters. The van der Waals surface area contributed by atoms with Crippen LogP contribution in [0.25, 0.3) is 33.6 Å². The SMILES string of the molecule is COCCCc1nc2oc(-c3ccc(C4(N)CCC4)cc3)c(-c3ccccc3)c2c(=O)n1C. The highest BCUT2D eigenvalue weighted by atomic mass is 16.5. The molecule has 2 aromatic carbocycles. The molecule has 1 saturated carbocycles. The summed E-state index contributed by atoms with van der Waals surface area (Å²) in [5.74, 6) is 1.34. The molecule has 170 valence electrons. The summed E-state index contributed by atoms with van der Waals surface area (Å²) >= 11 is 0. The van der Waals surface area contributed by atoms with E-state index in [9.17, 15) is 4.79 Å². The maximum absolute atomic E-state index is 13.5. The van der Waals surface area contributed by atoms with Gasteiger partial charge < -0.3 is 14.9 Å². The first-order valence-corrected chi connectivity index (χ1v) is 11.5. The number of hydrogen-bond donors (Lipinski definition) is 1. The van der Waals surface area contributed by atoms with E-state index in [1.54, 1.807) is 18.7 Å². The number of aryl methyl sites for hydroxylation is 1. The first-order chi connectivity index (χ1) is 16.0. The van der Waals surface area contributed by atoms with Crippen molar-refractivity contribution in [2.24, 2.45) is 12.8 Å². The van der Waals surface area contributed by atoms with Gasteiger partial charge >= 0.3 is 0 Å². The Labute approximate surface area is 193 Å². The van der Waals surface area contributed by atoms with Crippen molar-refractivity contribution in [2.45, 2.75) is 37.6 Å². The van der Waals surface area contributed by atoms with E-state index in [0.29, 0.717) is 35.7 Å². The van der Waals surface area contributed by atoms with E-state index in [4.69, 9.17) is 19.9 Å². The van der Waals surface area contributed by atoms with Crippen molar-refractivity contribution in [3.05, 3.63) is 76.3 Å². The average molecular weight is 444 g/mol. The van der Waals surface area contributed by atoms with Crippen molar-refractivity contribution in [1.29, 1.82) is 0 Å². The zero-order valence-corrected chi connectivity index (χ0v) is 19.1. The van der Waals surface area contributed by atoms with Crippen LogP contribution in [0, 0.1) is 0 Å².